The molecule has 1 aliphatic heterocycles. The summed E-state index contributed by atoms with van der Waals surface area (Å²) in [6.07, 6.45) is 9.18. The molecule has 1 amide bonds. The summed E-state index contributed by atoms with van der Waals surface area (Å²) < 4.78 is 2.16. The van der Waals surface area contributed by atoms with Crippen LogP contribution in [-0.2, 0) is 6.54 Å². The van der Waals surface area contributed by atoms with Crippen molar-refractivity contribution in [3.8, 4) is 0 Å². The first kappa shape index (κ1) is 18.0. The summed E-state index contributed by atoms with van der Waals surface area (Å²) in [5.41, 5.74) is 6.60. The molecule has 2 N–H and O–H groups in total. The minimum Gasteiger partial charge on any atom is -0.384 e. The van der Waals surface area contributed by atoms with Gasteiger partial charge in [0.1, 0.15) is 17.3 Å². The number of nitrogens with zero attached hydrogens (tertiary/aromatic N) is 5. The van der Waals surface area contributed by atoms with E-state index in [1.807, 2.05) is 23.2 Å². The molecular weight excluding hydrogens is 340 g/mol. The summed E-state index contributed by atoms with van der Waals surface area (Å²) in [4.78, 5) is 25.9. The van der Waals surface area contributed by atoms with E-state index in [1.165, 1.54) is 12.8 Å². The van der Waals surface area contributed by atoms with Crippen LogP contribution in [0.25, 0.3) is 0 Å². The molecule has 0 spiro atoms. The van der Waals surface area contributed by atoms with Crippen molar-refractivity contribution in [2.45, 2.75) is 50.7 Å². The molecule has 1 unspecified atom stereocenters. The standard InChI is InChI=1S/C20H28N6O/c1-24(14-19-22-10-8-18(21)23-19)15-4-2-11-25(13-9-15)20(27)17-5-3-12-26(17)16-6-7-16/h3,5,8,10,12,15-16H,2,4,6-7,9,11,13-14H2,1H3,(H2,21,22,23). The van der Waals surface area contributed by atoms with Gasteiger partial charge in [0, 0.05) is 37.6 Å². The van der Waals surface area contributed by atoms with E-state index in [1.54, 1.807) is 12.3 Å². The maximum atomic E-state index is 13.0. The Morgan fingerprint density at radius 3 is 2.89 bits per heavy atom. The zero-order valence-corrected chi connectivity index (χ0v) is 15.9. The Labute approximate surface area is 160 Å². The second-order valence-electron chi connectivity index (χ2n) is 7.72. The van der Waals surface area contributed by atoms with Gasteiger partial charge in [-0.25, -0.2) is 9.97 Å². The van der Waals surface area contributed by atoms with Gasteiger partial charge in [-0.05, 0) is 57.4 Å². The van der Waals surface area contributed by atoms with Crippen LogP contribution in [-0.4, -0.2) is 56.4 Å². The Morgan fingerprint density at radius 2 is 2.11 bits per heavy atom. The van der Waals surface area contributed by atoms with Crippen LogP contribution >= 0.6 is 0 Å². The van der Waals surface area contributed by atoms with Crippen molar-refractivity contribution in [1.82, 2.24) is 24.3 Å². The lowest BCUT2D eigenvalue weighted by atomic mass is 10.1. The number of amides is 1. The summed E-state index contributed by atoms with van der Waals surface area (Å²) in [7, 11) is 2.10. The molecule has 27 heavy (non-hydrogen) atoms. The second kappa shape index (κ2) is 7.68. The Balaban J connectivity index is 1.37. The third-order valence-electron chi connectivity index (χ3n) is 5.66. The smallest absolute Gasteiger partial charge is 0.270 e. The number of carbonyl (C=O) groups excluding carboxylic acids is 1. The highest BCUT2D eigenvalue weighted by molar-refractivity contribution is 5.92. The number of hydrogen-bond acceptors (Lipinski definition) is 5. The molecule has 0 aromatic carbocycles. The summed E-state index contributed by atoms with van der Waals surface area (Å²) in [6, 6.07) is 6.61. The van der Waals surface area contributed by atoms with Crippen LogP contribution in [0.2, 0.25) is 0 Å². The van der Waals surface area contributed by atoms with E-state index in [-0.39, 0.29) is 5.91 Å². The number of nitrogens with two attached hydrogens (primary N) is 1. The molecule has 1 aliphatic carbocycles. The molecular formula is C20H28N6O. The van der Waals surface area contributed by atoms with Crippen LogP contribution in [0.4, 0.5) is 5.82 Å². The molecule has 7 heteroatoms. The van der Waals surface area contributed by atoms with Gasteiger partial charge in [0.2, 0.25) is 0 Å². The number of carbonyl (C=O) groups is 1. The van der Waals surface area contributed by atoms with Crippen molar-refractivity contribution < 1.29 is 4.79 Å². The van der Waals surface area contributed by atoms with Gasteiger partial charge in [-0.2, -0.15) is 0 Å². The highest BCUT2D eigenvalue weighted by Gasteiger charge is 2.30. The molecule has 4 rings (SSSR count). The molecule has 2 fully saturated rings. The molecule has 0 bridgehead atoms. The molecule has 1 saturated heterocycles. The number of aromatic nitrogens is 3. The number of hydrogen-bond donors (Lipinski definition) is 1. The van der Waals surface area contributed by atoms with E-state index in [4.69, 9.17) is 5.73 Å². The van der Waals surface area contributed by atoms with Crippen LogP contribution in [0, 0.1) is 0 Å². The molecule has 0 radical (unpaired) electrons. The Bertz CT molecular complexity index is 799. The fourth-order valence-corrected chi connectivity index (χ4v) is 3.97. The van der Waals surface area contributed by atoms with Gasteiger partial charge in [-0.1, -0.05) is 0 Å². The fraction of sp³-hybridized carbons (Fsp3) is 0.550. The predicted molar refractivity (Wildman–Crippen MR) is 104 cm³/mol. The van der Waals surface area contributed by atoms with E-state index in [0.29, 0.717) is 24.4 Å². The minimum absolute atomic E-state index is 0.175. The van der Waals surface area contributed by atoms with Crippen molar-refractivity contribution in [2.24, 2.45) is 0 Å². The molecule has 2 aromatic heterocycles. The van der Waals surface area contributed by atoms with Gasteiger partial charge >= 0.3 is 0 Å². The first-order chi connectivity index (χ1) is 13.1. The predicted octanol–water partition coefficient (Wildman–Crippen LogP) is 2.32. The van der Waals surface area contributed by atoms with Crippen molar-refractivity contribution >= 4 is 11.7 Å². The van der Waals surface area contributed by atoms with Gasteiger partial charge in [0.05, 0.1) is 6.54 Å². The van der Waals surface area contributed by atoms with Crippen LogP contribution in [0.5, 0.6) is 0 Å². The lowest BCUT2D eigenvalue weighted by molar-refractivity contribution is 0.0746. The maximum Gasteiger partial charge on any atom is 0.270 e. The molecule has 7 nitrogen and oxygen atoms in total. The molecule has 1 atom stereocenters. The van der Waals surface area contributed by atoms with Gasteiger partial charge in [0.25, 0.3) is 5.91 Å². The van der Waals surface area contributed by atoms with E-state index < -0.39 is 0 Å². The minimum atomic E-state index is 0.175. The summed E-state index contributed by atoms with van der Waals surface area (Å²) in [5.74, 6) is 1.43. The molecule has 144 valence electrons. The van der Waals surface area contributed by atoms with Gasteiger partial charge in [0.15, 0.2) is 0 Å². The van der Waals surface area contributed by atoms with Crippen LogP contribution in [0.3, 0.4) is 0 Å². The third kappa shape index (κ3) is 4.13. The lowest BCUT2D eigenvalue weighted by Crippen LogP contribution is -2.35. The monoisotopic (exact) mass is 368 g/mol. The highest BCUT2D eigenvalue weighted by atomic mass is 16.2. The largest absolute Gasteiger partial charge is 0.384 e. The summed E-state index contributed by atoms with van der Waals surface area (Å²) >= 11 is 0. The zero-order valence-electron chi connectivity index (χ0n) is 15.9. The van der Waals surface area contributed by atoms with Crippen LogP contribution < -0.4 is 5.73 Å². The SMILES string of the molecule is CN(Cc1nccc(N)n1)C1CCCN(C(=O)c2cccn2C2CC2)CC1. The topological polar surface area (TPSA) is 80.3 Å². The third-order valence-corrected chi connectivity index (χ3v) is 5.66. The fourth-order valence-electron chi connectivity index (χ4n) is 3.97. The summed E-state index contributed by atoms with van der Waals surface area (Å²) in [6.45, 7) is 2.30. The van der Waals surface area contributed by atoms with Crippen LogP contribution in [0.1, 0.15) is 54.5 Å². The van der Waals surface area contributed by atoms with Crippen LogP contribution in [0.15, 0.2) is 30.6 Å². The number of nitrogen functional groups attached to an aromatic ring is 1. The molecule has 3 heterocycles. The second-order valence-corrected chi connectivity index (χ2v) is 7.72. The van der Waals surface area contributed by atoms with Crippen molar-refractivity contribution in [3.63, 3.8) is 0 Å². The summed E-state index contributed by atoms with van der Waals surface area (Å²) in [5, 5.41) is 0. The van der Waals surface area contributed by atoms with E-state index >= 15 is 0 Å². The first-order valence-electron chi connectivity index (χ1n) is 9.85. The first-order valence-corrected chi connectivity index (χ1v) is 9.85. The van der Waals surface area contributed by atoms with E-state index in [9.17, 15) is 4.79 Å². The van der Waals surface area contributed by atoms with Crippen molar-refractivity contribution in [1.29, 1.82) is 0 Å². The highest BCUT2D eigenvalue weighted by Crippen LogP contribution is 2.36. The van der Waals surface area contributed by atoms with Crippen molar-refractivity contribution in [3.05, 3.63) is 42.1 Å². The molecule has 1 saturated carbocycles. The van der Waals surface area contributed by atoms with E-state index in [2.05, 4.69) is 26.5 Å². The number of likely N-dealkylation sites (tertiary alicyclic amines) is 1. The Kier molecular flexibility index (Phi) is 5.11. The Hall–Kier alpha value is -2.41. The molecule has 2 aliphatic rings. The van der Waals surface area contributed by atoms with E-state index in [0.717, 1.165) is 43.9 Å². The van der Waals surface area contributed by atoms with Crippen molar-refractivity contribution in [2.75, 3.05) is 25.9 Å². The van der Waals surface area contributed by atoms with Gasteiger partial charge in [-0.15, -0.1) is 0 Å². The van der Waals surface area contributed by atoms with Gasteiger partial charge < -0.3 is 15.2 Å². The average molecular weight is 368 g/mol. The number of rotatable bonds is 5. The average Bonchev–Trinajstić information content (AvgIpc) is 3.43. The maximum absolute atomic E-state index is 13.0. The lowest BCUT2D eigenvalue weighted by Gasteiger charge is -2.26. The number of anilines is 1. The zero-order chi connectivity index (χ0) is 18.8. The Morgan fingerprint density at radius 1 is 1.26 bits per heavy atom. The normalized spacial score (nSPS) is 20.7. The van der Waals surface area contributed by atoms with Gasteiger partial charge in [-0.3, -0.25) is 9.69 Å². The quantitative estimate of drug-likeness (QED) is 0.876. The molecule has 2 aromatic rings.